The number of hydrogen-bond acceptors (Lipinski definition) is 3. The van der Waals surface area contributed by atoms with Gasteiger partial charge in [0.1, 0.15) is 5.82 Å². The van der Waals surface area contributed by atoms with Gasteiger partial charge in [0.15, 0.2) is 0 Å². The normalized spacial score (nSPS) is 11.5. The third-order valence-electron chi connectivity index (χ3n) is 2.92. The molecule has 8 heteroatoms. The van der Waals surface area contributed by atoms with Crippen LogP contribution in [-0.4, -0.2) is 11.1 Å². The van der Waals surface area contributed by atoms with Crippen molar-refractivity contribution in [1.82, 2.24) is 5.16 Å². The van der Waals surface area contributed by atoms with Crippen LogP contribution in [0.4, 0.5) is 23.4 Å². The molecule has 2 aromatic rings. The van der Waals surface area contributed by atoms with Crippen LogP contribution in [0.15, 0.2) is 22.7 Å². The molecule has 0 saturated heterocycles. The van der Waals surface area contributed by atoms with E-state index in [1.807, 2.05) is 0 Å². The highest BCUT2D eigenvalue weighted by molar-refractivity contribution is 6.04. The Morgan fingerprint density at radius 2 is 1.95 bits per heavy atom. The third kappa shape index (κ3) is 3.04. The maximum Gasteiger partial charge on any atom is 0.419 e. The quantitative estimate of drug-likeness (QED) is 0.861. The first-order valence-electron chi connectivity index (χ1n) is 5.81. The number of nitrogens with zero attached hydrogens (tertiary/aromatic N) is 1. The second kappa shape index (κ2) is 5.19. The summed E-state index contributed by atoms with van der Waals surface area (Å²) in [5, 5.41) is 5.89. The minimum absolute atomic E-state index is 0.0374. The Morgan fingerprint density at radius 3 is 2.48 bits per heavy atom. The number of anilines is 1. The number of halogens is 4. The zero-order valence-corrected chi connectivity index (χ0v) is 11.0. The van der Waals surface area contributed by atoms with Crippen LogP contribution < -0.4 is 5.32 Å². The Hall–Kier alpha value is -2.38. The molecule has 0 spiro atoms. The van der Waals surface area contributed by atoms with Gasteiger partial charge in [0.05, 0.1) is 11.3 Å². The van der Waals surface area contributed by atoms with Gasteiger partial charge in [-0.3, -0.25) is 10.1 Å². The van der Waals surface area contributed by atoms with E-state index in [0.29, 0.717) is 23.4 Å². The van der Waals surface area contributed by atoms with Crippen LogP contribution in [0.2, 0.25) is 0 Å². The second-order valence-corrected chi connectivity index (χ2v) is 4.37. The van der Waals surface area contributed by atoms with E-state index in [-0.39, 0.29) is 11.4 Å². The highest BCUT2D eigenvalue weighted by Crippen LogP contribution is 2.32. The Balaban J connectivity index is 2.30. The lowest BCUT2D eigenvalue weighted by atomic mass is 10.1. The van der Waals surface area contributed by atoms with Crippen LogP contribution in [0.5, 0.6) is 0 Å². The fourth-order valence-electron chi connectivity index (χ4n) is 1.59. The SMILES string of the molecule is Cc1noc(NC(=O)c2ccc(F)c(C(F)(F)F)c2)c1C. The van der Waals surface area contributed by atoms with E-state index in [1.165, 1.54) is 0 Å². The first kappa shape index (κ1) is 15.0. The number of aryl methyl sites for hydroxylation is 1. The summed E-state index contributed by atoms with van der Waals surface area (Å²) >= 11 is 0. The van der Waals surface area contributed by atoms with Gasteiger partial charge in [-0.15, -0.1) is 0 Å². The van der Waals surface area contributed by atoms with E-state index in [9.17, 15) is 22.4 Å². The largest absolute Gasteiger partial charge is 0.419 e. The van der Waals surface area contributed by atoms with Crippen molar-refractivity contribution in [3.05, 3.63) is 46.4 Å². The van der Waals surface area contributed by atoms with Crippen molar-refractivity contribution in [2.24, 2.45) is 0 Å². The standard InChI is InChI=1S/C13H10F4N2O2/c1-6-7(2)19-21-12(6)18-11(20)8-3-4-10(14)9(5-8)13(15,16)17/h3-5H,1-2H3,(H,18,20). The summed E-state index contributed by atoms with van der Waals surface area (Å²) in [7, 11) is 0. The van der Waals surface area contributed by atoms with Gasteiger partial charge in [-0.1, -0.05) is 5.16 Å². The van der Waals surface area contributed by atoms with Crippen molar-refractivity contribution in [3.63, 3.8) is 0 Å². The molecule has 0 radical (unpaired) electrons. The van der Waals surface area contributed by atoms with E-state index >= 15 is 0 Å². The lowest BCUT2D eigenvalue weighted by molar-refractivity contribution is -0.140. The van der Waals surface area contributed by atoms with Crippen LogP contribution >= 0.6 is 0 Å². The van der Waals surface area contributed by atoms with Crippen LogP contribution in [0, 0.1) is 19.7 Å². The van der Waals surface area contributed by atoms with Gasteiger partial charge in [0.2, 0.25) is 5.88 Å². The molecule has 0 aliphatic rings. The molecule has 0 bridgehead atoms. The topological polar surface area (TPSA) is 55.1 Å². The van der Waals surface area contributed by atoms with E-state index in [4.69, 9.17) is 4.52 Å². The number of carbonyl (C=O) groups excluding carboxylic acids is 1. The van der Waals surface area contributed by atoms with Gasteiger partial charge >= 0.3 is 6.18 Å². The van der Waals surface area contributed by atoms with Gasteiger partial charge in [-0.05, 0) is 32.0 Å². The summed E-state index contributed by atoms with van der Waals surface area (Å²) in [6.07, 6.45) is -4.88. The Morgan fingerprint density at radius 1 is 1.29 bits per heavy atom. The molecule has 112 valence electrons. The molecular formula is C13H10F4N2O2. The summed E-state index contributed by atoms with van der Waals surface area (Å²) in [5.74, 6) is -2.25. The molecule has 0 saturated carbocycles. The van der Waals surface area contributed by atoms with Crippen molar-refractivity contribution in [2.45, 2.75) is 20.0 Å². The summed E-state index contributed by atoms with van der Waals surface area (Å²) < 4.78 is 55.7. The Labute approximate surface area is 116 Å². The van der Waals surface area contributed by atoms with Crippen molar-refractivity contribution in [3.8, 4) is 0 Å². The number of benzene rings is 1. The summed E-state index contributed by atoms with van der Waals surface area (Å²) in [4.78, 5) is 11.9. The third-order valence-corrected chi connectivity index (χ3v) is 2.92. The van der Waals surface area contributed by atoms with Crippen molar-refractivity contribution in [1.29, 1.82) is 0 Å². The Kier molecular flexibility index (Phi) is 3.71. The van der Waals surface area contributed by atoms with Gasteiger partial charge < -0.3 is 4.52 Å². The van der Waals surface area contributed by atoms with E-state index in [2.05, 4.69) is 10.5 Å². The lowest BCUT2D eigenvalue weighted by Crippen LogP contribution is -2.15. The molecule has 1 amide bonds. The van der Waals surface area contributed by atoms with E-state index < -0.39 is 23.5 Å². The molecule has 0 aliphatic carbocycles. The van der Waals surface area contributed by atoms with Crippen LogP contribution in [-0.2, 0) is 6.18 Å². The molecule has 0 atom stereocenters. The average Bonchev–Trinajstić information content (AvgIpc) is 2.70. The molecule has 1 aromatic heterocycles. The number of amides is 1. The number of carbonyl (C=O) groups is 1. The smallest absolute Gasteiger partial charge is 0.338 e. The number of alkyl halides is 3. The zero-order chi connectivity index (χ0) is 15.8. The molecule has 0 unspecified atom stereocenters. The predicted molar refractivity (Wildman–Crippen MR) is 65.3 cm³/mol. The number of hydrogen-bond donors (Lipinski definition) is 1. The fourth-order valence-corrected chi connectivity index (χ4v) is 1.59. The number of aromatic nitrogens is 1. The fraction of sp³-hybridized carbons (Fsp3) is 0.231. The van der Waals surface area contributed by atoms with Crippen LogP contribution in [0.3, 0.4) is 0 Å². The van der Waals surface area contributed by atoms with Gasteiger partial charge in [-0.2, -0.15) is 13.2 Å². The van der Waals surface area contributed by atoms with E-state index in [0.717, 1.165) is 6.07 Å². The van der Waals surface area contributed by atoms with Crippen LogP contribution in [0.25, 0.3) is 0 Å². The second-order valence-electron chi connectivity index (χ2n) is 4.37. The molecule has 1 N–H and O–H groups in total. The molecule has 0 fully saturated rings. The highest BCUT2D eigenvalue weighted by atomic mass is 19.4. The summed E-state index contributed by atoms with van der Waals surface area (Å²) in [6.45, 7) is 3.28. The molecule has 1 heterocycles. The van der Waals surface area contributed by atoms with Crippen LogP contribution in [0.1, 0.15) is 27.2 Å². The minimum Gasteiger partial charge on any atom is -0.338 e. The number of nitrogens with one attached hydrogen (secondary N) is 1. The number of rotatable bonds is 2. The highest BCUT2D eigenvalue weighted by Gasteiger charge is 2.34. The van der Waals surface area contributed by atoms with Crippen molar-refractivity contribution < 1.29 is 26.9 Å². The first-order chi connectivity index (χ1) is 9.70. The Bertz CT molecular complexity index is 692. The van der Waals surface area contributed by atoms with Gasteiger partial charge in [0.25, 0.3) is 5.91 Å². The van der Waals surface area contributed by atoms with Gasteiger partial charge in [0, 0.05) is 11.1 Å². The maximum atomic E-state index is 13.1. The molecule has 21 heavy (non-hydrogen) atoms. The molecular weight excluding hydrogens is 292 g/mol. The molecule has 1 aromatic carbocycles. The minimum atomic E-state index is -4.88. The zero-order valence-electron chi connectivity index (χ0n) is 11.0. The lowest BCUT2D eigenvalue weighted by Gasteiger charge is -2.09. The monoisotopic (exact) mass is 302 g/mol. The maximum absolute atomic E-state index is 13.1. The summed E-state index contributed by atoms with van der Waals surface area (Å²) in [5.41, 5.74) is -0.736. The average molecular weight is 302 g/mol. The summed E-state index contributed by atoms with van der Waals surface area (Å²) in [6, 6.07) is 2.00. The van der Waals surface area contributed by atoms with Gasteiger partial charge in [-0.25, -0.2) is 4.39 Å². The predicted octanol–water partition coefficient (Wildman–Crippen LogP) is 3.70. The van der Waals surface area contributed by atoms with Crippen molar-refractivity contribution >= 4 is 11.8 Å². The molecule has 4 nitrogen and oxygen atoms in total. The molecule has 0 aliphatic heterocycles. The van der Waals surface area contributed by atoms with Crippen molar-refractivity contribution in [2.75, 3.05) is 5.32 Å². The van der Waals surface area contributed by atoms with E-state index in [1.54, 1.807) is 13.8 Å². The molecule has 2 rings (SSSR count). The first-order valence-corrected chi connectivity index (χ1v) is 5.81.